The average molecular weight is 510 g/mol. The zero-order valence-corrected chi connectivity index (χ0v) is 21.3. The number of carbonyl (C=O) groups is 1. The van der Waals surface area contributed by atoms with E-state index < -0.39 is 5.91 Å². The number of ether oxygens (including phenoxy) is 1. The lowest BCUT2D eigenvalue weighted by atomic mass is 10.1. The van der Waals surface area contributed by atoms with E-state index in [0.717, 1.165) is 21.8 Å². The molecule has 8 heteroatoms. The van der Waals surface area contributed by atoms with Crippen LogP contribution in [0.5, 0.6) is 0 Å². The van der Waals surface area contributed by atoms with Gasteiger partial charge in [0.1, 0.15) is 10.4 Å². The highest BCUT2D eigenvalue weighted by Gasteiger charge is 2.17. The Balaban J connectivity index is 1.45. The van der Waals surface area contributed by atoms with Gasteiger partial charge in [-0.1, -0.05) is 61.0 Å². The number of halogens is 1. The molecule has 2 aromatic heterocycles. The number of rotatable bonds is 10. The highest BCUT2D eigenvalue weighted by molar-refractivity contribution is 7.18. The summed E-state index contributed by atoms with van der Waals surface area (Å²) in [7, 11) is 1.84. The lowest BCUT2D eigenvalue weighted by Crippen LogP contribution is -2.29. The van der Waals surface area contributed by atoms with Crippen LogP contribution in [0.25, 0.3) is 10.2 Å². The van der Waals surface area contributed by atoms with Crippen molar-refractivity contribution in [3.8, 4) is 0 Å². The molecule has 0 aliphatic carbocycles. The number of hydrogen-bond acceptors (Lipinski definition) is 5. The van der Waals surface area contributed by atoms with Crippen LogP contribution in [0.3, 0.4) is 0 Å². The Hall–Kier alpha value is -2.97. The predicted octanol–water partition coefficient (Wildman–Crippen LogP) is 5.05. The van der Waals surface area contributed by atoms with Crippen LogP contribution in [0.15, 0.2) is 71.7 Å². The van der Waals surface area contributed by atoms with Crippen molar-refractivity contribution in [3.05, 3.63) is 104 Å². The molecule has 1 unspecified atom stereocenters. The van der Waals surface area contributed by atoms with Gasteiger partial charge in [0, 0.05) is 29.7 Å². The summed E-state index contributed by atoms with van der Waals surface area (Å²) in [4.78, 5) is 27.6. The van der Waals surface area contributed by atoms with Gasteiger partial charge in [-0.25, -0.2) is 0 Å². The minimum Gasteiger partial charge on any atom is -0.374 e. The lowest BCUT2D eigenvalue weighted by Gasteiger charge is -2.18. The molecule has 0 aliphatic rings. The molecule has 4 aromatic rings. The molecule has 0 saturated carbocycles. The van der Waals surface area contributed by atoms with E-state index in [1.165, 1.54) is 16.9 Å². The summed E-state index contributed by atoms with van der Waals surface area (Å²) in [6, 6.07) is 19.3. The van der Waals surface area contributed by atoms with Crippen molar-refractivity contribution >= 4 is 39.1 Å². The minimum absolute atomic E-state index is 0.0951. The summed E-state index contributed by atoms with van der Waals surface area (Å²) in [6.45, 7) is 4.13. The van der Waals surface area contributed by atoms with Crippen LogP contribution in [-0.2, 0) is 24.9 Å². The maximum absolute atomic E-state index is 13.1. The Kier molecular flexibility index (Phi) is 8.36. The van der Waals surface area contributed by atoms with E-state index >= 15 is 0 Å². The number of carbonyl (C=O) groups excluding carboxylic acids is 1. The first-order chi connectivity index (χ1) is 17.0. The number of hydrogen-bond donors (Lipinski definition) is 2. The largest absolute Gasteiger partial charge is 0.374 e. The van der Waals surface area contributed by atoms with Crippen molar-refractivity contribution in [2.45, 2.75) is 26.1 Å². The molecule has 1 atom stereocenters. The molecule has 35 heavy (non-hydrogen) atoms. The maximum atomic E-state index is 13.1. The number of aryl methyl sites for hydroxylation is 1. The van der Waals surface area contributed by atoms with Crippen molar-refractivity contribution in [1.82, 2.24) is 15.2 Å². The maximum Gasteiger partial charge on any atom is 0.257 e. The topological polar surface area (TPSA) is 72.4 Å². The summed E-state index contributed by atoms with van der Waals surface area (Å²) in [5.74, 6) is -0.400. The van der Waals surface area contributed by atoms with Crippen molar-refractivity contribution in [2.75, 3.05) is 13.2 Å². The summed E-state index contributed by atoms with van der Waals surface area (Å²) in [5, 5.41) is 7.44. The first kappa shape index (κ1) is 25.1. The first-order valence-electron chi connectivity index (χ1n) is 11.5. The lowest BCUT2D eigenvalue weighted by molar-refractivity contribution is 0.0949. The van der Waals surface area contributed by atoms with Gasteiger partial charge in [0.2, 0.25) is 5.43 Å². The Morgan fingerprint density at radius 3 is 2.60 bits per heavy atom. The van der Waals surface area contributed by atoms with Crippen LogP contribution in [0.2, 0.25) is 5.02 Å². The third-order valence-electron chi connectivity index (χ3n) is 5.69. The molecule has 0 saturated heterocycles. The molecule has 0 aliphatic heterocycles. The molecule has 2 N–H and O–H groups in total. The van der Waals surface area contributed by atoms with E-state index in [-0.39, 0.29) is 17.0 Å². The van der Waals surface area contributed by atoms with Crippen LogP contribution < -0.4 is 16.1 Å². The Morgan fingerprint density at radius 2 is 1.89 bits per heavy atom. The summed E-state index contributed by atoms with van der Waals surface area (Å²) < 4.78 is 7.85. The van der Waals surface area contributed by atoms with E-state index in [2.05, 4.69) is 29.7 Å². The molecule has 0 bridgehead atoms. The molecule has 1 amide bonds. The van der Waals surface area contributed by atoms with Gasteiger partial charge < -0.3 is 19.9 Å². The highest BCUT2D eigenvalue weighted by Crippen LogP contribution is 2.25. The third kappa shape index (κ3) is 6.18. The number of nitrogens with zero attached hydrogens (tertiary/aromatic N) is 1. The minimum atomic E-state index is -0.400. The van der Waals surface area contributed by atoms with E-state index in [1.54, 1.807) is 18.3 Å². The average Bonchev–Trinajstić information content (AvgIpc) is 3.31. The Labute approximate surface area is 213 Å². The Morgan fingerprint density at radius 1 is 1.14 bits per heavy atom. The van der Waals surface area contributed by atoms with Crippen molar-refractivity contribution in [1.29, 1.82) is 0 Å². The van der Waals surface area contributed by atoms with Gasteiger partial charge in [0.05, 0.1) is 24.6 Å². The van der Waals surface area contributed by atoms with E-state index in [1.807, 2.05) is 48.0 Å². The van der Waals surface area contributed by atoms with Gasteiger partial charge in [-0.05, 0) is 35.9 Å². The molecular weight excluding hydrogens is 482 g/mol. The molecule has 182 valence electrons. The quantitative estimate of drug-likeness (QED) is 0.314. The van der Waals surface area contributed by atoms with Gasteiger partial charge in [-0.15, -0.1) is 11.3 Å². The fourth-order valence-electron chi connectivity index (χ4n) is 3.91. The molecular formula is C27H28ClN3O3S. The predicted molar refractivity (Wildman–Crippen MR) is 142 cm³/mol. The van der Waals surface area contributed by atoms with Crippen LogP contribution in [0.4, 0.5) is 0 Å². The van der Waals surface area contributed by atoms with Crippen LogP contribution in [0, 0.1) is 0 Å². The second kappa shape index (κ2) is 11.6. The molecule has 0 radical (unpaired) electrons. The number of nitrogens with one attached hydrogen (secondary N) is 2. The van der Waals surface area contributed by atoms with Gasteiger partial charge >= 0.3 is 0 Å². The number of likely N-dealkylation sites (N-methyl/N-ethyl adjacent to an activating group) is 1. The normalized spacial score (nSPS) is 12.1. The monoisotopic (exact) mass is 509 g/mol. The van der Waals surface area contributed by atoms with E-state index in [9.17, 15) is 9.59 Å². The second-order valence-electron chi connectivity index (χ2n) is 8.26. The number of aromatic nitrogens is 1. The fraction of sp³-hybridized carbons (Fsp3) is 0.259. The number of thiophene rings is 1. The second-order valence-corrected chi connectivity index (χ2v) is 9.81. The summed E-state index contributed by atoms with van der Waals surface area (Å²) in [5.41, 5.74) is 1.93. The Bertz CT molecular complexity index is 1350. The number of amides is 1. The molecule has 0 fully saturated rings. The zero-order valence-electron chi connectivity index (χ0n) is 19.7. The number of benzene rings is 2. The van der Waals surface area contributed by atoms with Gasteiger partial charge in [0.25, 0.3) is 5.91 Å². The summed E-state index contributed by atoms with van der Waals surface area (Å²) >= 11 is 7.42. The molecule has 2 heterocycles. The van der Waals surface area contributed by atoms with Crippen LogP contribution in [0.1, 0.15) is 39.3 Å². The molecule has 2 aromatic carbocycles. The van der Waals surface area contributed by atoms with Gasteiger partial charge in [-0.2, -0.15) is 0 Å². The molecule has 0 spiro atoms. The van der Waals surface area contributed by atoms with Gasteiger partial charge in [-0.3, -0.25) is 9.59 Å². The standard InChI is InChI=1S/C27H28ClN3O3S/c1-3-29-24(19-7-5-4-6-8-19)17-34-16-21-13-22-25(32)23(15-31(2)27(22)35-21)26(33)30-14-18-9-11-20(28)12-10-18/h4-13,15,24,29H,3,14,16-17H2,1-2H3,(H,30,33). The highest BCUT2D eigenvalue weighted by atomic mass is 35.5. The zero-order chi connectivity index (χ0) is 24.8. The third-order valence-corrected chi connectivity index (χ3v) is 7.14. The van der Waals surface area contributed by atoms with E-state index in [0.29, 0.717) is 30.2 Å². The van der Waals surface area contributed by atoms with Crippen molar-refractivity contribution in [3.63, 3.8) is 0 Å². The van der Waals surface area contributed by atoms with Crippen LogP contribution >= 0.6 is 22.9 Å². The van der Waals surface area contributed by atoms with Crippen LogP contribution in [-0.4, -0.2) is 23.6 Å². The van der Waals surface area contributed by atoms with Crippen molar-refractivity contribution < 1.29 is 9.53 Å². The number of pyridine rings is 1. The smallest absolute Gasteiger partial charge is 0.257 e. The fourth-order valence-corrected chi connectivity index (χ4v) is 5.06. The van der Waals surface area contributed by atoms with E-state index in [4.69, 9.17) is 16.3 Å². The SMILES string of the molecule is CCNC(COCc1cc2c(=O)c(C(=O)NCc3ccc(Cl)cc3)cn(C)c2s1)c1ccccc1. The van der Waals surface area contributed by atoms with Crippen molar-refractivity contribution in [2.24, 2.45) is 7.05 Å². The summed E-state index contributed by atoms with van der Waals surface area (Å²) in [6.07, 6.45) is 1.60. The number of fused-ring (bicyclic) bond motifs is 1. The molecule has 4 rings (SSSR count). The van der Waals surface area contributed by atoms with Gasteiger partial charge in [0.15, 0.2) is 0 Å². The first-order valence-corrected chi connectivity index (χ1v) is 12.7. The molecule has 6 nitrogen and oxygen atoms in total.